The van der Waals surface area contributed by atoms with Gasteiger partial charge in [-0.05, 0) is 28.4 Å². The van der Waals surface area contributed by atoms with E-state index in [0.29, 0.717) is 0 Å². The van der Waals surface area contributed by atoms with Crippen molar-refractivity contribution in [3.63, 3.8) is 0 Å². The van der Waals surface area contributed by atoms with Crippen molar-refractivity contribution in [2.75, 3.05) is 0 Å². The number of benzene rings is 3. The molecule has 0 heterocycles. The van der Waals surface area contributed by atoms with E-state index in [9.17, 15) is 0 Å². The summed E-state index contributed by atoms with van der Waals surface area (Å²) in [6.45, 7) is 13.6. The van der Waals surface area contributed by atoms with Gasteiger partial charge in [0.25, 0.3) is 0 Å². The van der Waals surface area contributed by atoms with Crippen LogP contribution in [0.2, 0.25) is 0 Å². The minimum atomic E-state index is 0. The molecule has 0 fully saturated rings. The van der Waals surface area contributed by atoms with E-state index in [1.165, 1.54) is 57.6 Å². The van der Waals surface area contributed by atoms with E-state index in [0.717, 1.165) is 12.8 Å². The van der Waals surface area contributed by atoms with E-state index in [1.807, 2.05) is 42.5 Å². The SMILES string of the molecule is CC(C)(C)c1[c-]c2c(cc1)-c1ccc(C(C)(C)C)cc1C2.Cl.Cl.[C-]1=CC=CC1.[CH2]=[Zr].[CH3-].[c-]1ccccc1. The summed E-state index contributed by atoms with van der Waals surface area (Å²) < 4.78 is 3.34. The van der Waals surface area contributed by atoms with Crippen LogP contribution in [-0.2, 0) is 41.5 Å². The van der Waals surface area contributed by atoms with E-state index >= 15 is 0 Å². The van der Waals surface area contributed by atoms with E-state index in [1.54, 1.807) is 0 Å². The quantitative estimate of drug-likeness (QED) is 0.174. The molecule has 200 valence electrons. The number of halogens is 2. The van der Waals surface area contributed by atoms with Crippen molar-refractivity contribution in [1.82, 2.24) is 0 Å². The van der Waals surface area contributed by atoms with E-state index in [4.69, 9.17) is 0 Å². The summed E-state index contributed by atoms with van der Waals surface area (Å²) in [5, 5.41) is 0. The molecule has 0 atom stereocenters. The van der Waals surface area contributed by atoms with Crippen molar-refractivity contribution in [3.8, 4) is 11.1 Å². The van der Waals surface area contributed by atoms with Crippen LogP contribution in [0.15, 0.2) is 78.9 Å². The first-order valence-electron chi connectivity index (χ1n) is 11.8. The zero-order valence-electron chi connectivity index (χ0n) is 23.4. The van der Waals surface area contributed by atoms with E-state index < -0.39 is 0 Å². The molecule has 3 aromatic rings. The summed E-state index contributed by atoms with van der Waals surface area (Å²) in [4.78, 5) is 0. The van der Waals surface area contributed by atoms with Crippen molar-refractivity contribution in [1.29, 1.82) is 0 Å². The molecule has 37 heavy (non-hydrogen) atoms. The summed E-state index contributed by atoms with van der Waals surface area (Å²) in [6.07, 6.45) is 11.0. The van der Waals surface area contributed by atoms with Crippen molar-refractivity contribution in [2.24, 2.45) is 0 Å². The molecule has 0 aliphatic heterocycles. The van der Waals surface area contributed by atoms with Crippen LogP contribution >= 0.6 is 24.8 Å². The molecule has 0 spiro atoms. The molecule has 5 rings (SSSR count). The fraction of sp³-hybridized carbons (Fsp3) is 0.294. The molecule has 0 amide bonds. The Bertz CT molecular complexity index is 1000. The van der Waals surface area contributed by atoms with Crippen LogP contribution in [0.4, 0.5) is 0 Å². The number of allylic oxidation sites excluding steroid dienone is 4. The molecule has 2 aliphatic carbocycles. The Balaban J connectivity index is 0. The molecule has 0 N–H and O–H groups in total. The Morgan fingerprint density at radius 1 is 0.811 bits per heavy atom. The fourth-order valence-corrected chi connectivity index (χ4v) is 3.71. The van der Waals surface area contributed by atoms with Crippen LogP contribution in [0.5, 0.6) is 0 Å². The number of fused-ring (bicyclic) bond motifs is 3. The van der Waals surface area contributed by atoms with Gasteiger partial charge in [0.1, 0.15) is 0 Å². The summed E-state index contributed by atoms with van der Waals surface area (Å²) in [5.41, 5.74) is 8.70. The van der Waals surface area contributed by atoms with Crippen molar-refractivity contribution < 1.29 is 24.2 Å². The summed E-state index contributed by atoms with van der Waals surface area (Å²) in [5.74, 6) is 0. The third kappa shape index (κ3) is 11.8. The predicted octanol–water partition coefficient (Wildman–Crippen LogP) is 9.70. The van der Waals surface area contributed by atoms with Gasteiger partial charge in [-0.1, -0.05) is 65.3 Å². The van der Waals surface area contributed by atoms with Gasteiger partial charge in [-0.15, -0.1) is 42.4 Å². The first kappa shape index (κ1) is 37.6. The molecule has 0 nitrogen and oxygen atoms in total. The van der Waals surface area contributed by atoms with E-state index in [2.05, 4.69) is 100 Å². The number of rotatable bonds is 0. The normalized spacial score (nSPS) is 11.7. The van der Waals surface area contributed by atoms with Gasteiger partial charge in [-0.3, -0.25) is 6.08 Å². The van der Waals surface area contributed by atoms with Crippen LogP contribution in [-0.4, -0.2) is 4.21 Å². The van der Waals surface area contributed by atoms with Crippen LogP contribution in [0.1, 0.15) is 70.2 Å². The first-order valence-corrected chi connectivity index (χ1v) is 13.6. The second-order valence-corrected chi connectivity index (χ2v) is 10.4. The second kappa shape index (κ2) is 17.9. The molecule has 0 radical (unpaired) electrons. The summed E-state index contributed by atoms with van der Waals surface area (Å²) in [6, 6.07) is 27.7. The average Bonchev–Trinajstić information content (AvgIpc) is 3.51. The van der Waals surface area contributed by atoms with Crippen LogP contribution in [0.3, 0.4) is 0 Å². The van der Waals surface area contributed by atoms with Crippen molar-refractivity contribution in [3.05, 3.63) is 127 Å². The van der Waals surface area contributed by atoms with Gasteiger partial charge < -0.3 is 7.43 Å². The number of hydrogen-bond acceptors (Lipinski definition) is 0. The van der Waals surface area contributed by atoms with Gasteiger partial charge in [-0.2, -0.15) is 66.2 Å². The minimum Gasteiger partial charge on any atom is -0.358 e. The molecule has 0 unspecified atom stereocenters. The van der Waals surface area contributed by atoms with Gasteiger partial charge in [0.2, 0.25) is 0 Å². The molecule has 3 aromatic carbocycles. The Kier molecular flexibility index (Phi) is 18.2. The maximum Gasteiger partial charge on any atom is -0.171 e. The minimum absolute atomic E-state index is 0. The smallest absolute Gasteiger partial charge is 0.171 e. The van der Waals surface area contributed by atoms with Gasteiger partial charge >= 0.3 is 28.4 Å². The molecule has 0 bridgehead atoms. The molecular formula is C34H42Cl2Zr-4. The largest absolute Gasteiger partial charge is 0.358 e. The molecule has 0 saturated heterocycles. The molecule has 0 saturated carbocycles. The Morgan fingerprint density at radius 2 is 1.43 bits per heavy atom. The average molecular weight is 613 g/mol. The maximum absolute atomic E-state index is 3.67. The topological polar surface area (TPSA) is 0 Å². The second-order valence-electron chi connectivity index (χ2n) is 10.4. The molecular weight excluding hydrogens is 571 g/mol. The Labute approximate surface area is 254 Å². The monoisotopic (exact) mass is 610 g/mol. The van der Waals surface area contributed by atoms with Gasteiger partial charge in [-0.25, -0.2) is 12.2 Å². The third-order valence-corrected chi connectivity index (χ3v) is 5.66. The van der Waals surface area contributed by atoms with Gasteiger partial charge in [0.15, 0.2) is 0 Å². The molecule has 2 aliphatic rings. The van der Waals surface area contributed by atoms with Gasteiger partial charge in [0, 0.05) is 0 Å². The maximum atomic E-state index is 3.67. The van der Waals surface area contributed by atoms with Gasteiger partial charge in [0.05, 0.1) is 0 Å². The van der Waals surface area contributed by atoms with Crippen molar-refractivity contribution >= 4 is 29.0 Å². The predicted molar refractivity (Wildman–Crippen MR) is 166 cm³/mol. The third-order valence-electron chi connectivity index (χ3n) is 5.66. The molecule has 3 heteroatoms. The zero-order chi connectivity index (χ0) is 25.2. The Hall–Kier alpha value is -1.53. The van der Waals surface area contributed by atoms with Crippen LogP contribution in [0.25, 0.3) is 11.1 Å². The zero-order valence-corrected chi connectivity index (χ0v) is 27.5. The van der Waals surface area contributed by atoms with Crippen LogP contribution in [0, 0.1) is 25.6 Å². The van der Waals surface area contributed by atoms with E-state index in [-0.39, 0.29) is 43.1 Å². The molecule has 0 aromatic heterocycles. The first-order chi connectivity index (χ1) is 16.2. The standard InChI is InChI=1S/C21H25.C6H5.C5H5.CH3.CH2.2ClH.Zr/c1-20(2,3)16-7-9-18-14(12-16)11-15-13-17(21(4,5)6)8-10-19(15)18;1-2-4-6-5-3-1;1-2-4-5-3-1;;;;;/h7-10,12H,11H2,1-6H3;1-5H;1-3H,4H2;1H3;1H2;2*1H;/q4*-1;;;;. The fourth-order valence-electron chi connectivity index (χ4n) is 3.71. The van der Waals surface area contributed by atoms with Crippen molar-refractivity contribution in [2.45, 2.75) is 65.2 Å². The summed E-state index contributed by atoms with van der Waals surface area (Å²) >= 11 is 1.30. The summed E-state index contributed by atoms with van der Waals surface area (Å²) in [7, 11) is 0. The Morgan fingerprint density at radius 3 is 1.84 bits per heavy atom. The number of hydrogen-bond donors (Lipinski definition) is 0. The van der Waals surface area contributed by atoms with Crippen LogP contribution < -0.4 is 0 Å².